The first-order valence-corrected chi connectivity index (χ1v) is 7.32. The largest absolute Gasteiger partial charge is 0.497 e. The summed E-state index contributed by atoms with van der Waals surface area (Å²) < 4.78 is 7.01. The average Bonchev–Trinajstić information content (AvgIpc) is 3.12. The standard InChI is InChI=1S/C14H15N5OS/c1-9-8-21-14(16-9)19-13(12(7-15)17-18-19)10-4-3-5-11(6-10)20-2/h3-6,8H,7,15H2,1-2H3. The summed E-state index contributed by atoms with van der Waals surface area (Å²) >= 11 is 1.52. The Morgan fingerprint density at radius 1 is 1.38 bits per heavy atom. The minimum atomic E-state index is 0.316. The van der Waals surface area contributed by atoms with E-state index in [1.165, 1.54) is 11.3 Å². The van der Waals surface area contributed by atoms with Gasteiger partial charge in [0.1, 0.15) is 17.1 Å². The molecule has 21 heavy (non-hydrogen) atoms. The fourth-order valence-electron chi connectivity index (χ4n) is 2.08. The minimum Gasteiger partial charge on any atom is -0.497 e. The highest BCUT2D eigenvalue weighted by atomic mass is 32.1. The number of benzene rings is 1. The van der Waals surface area contributed by atoms with Gasteiger partial charge in [0, 0.05) is 17.5 Å². The van der Waals surface area contributed by atoms with Crippen LogP contribution in [0.1, 0.15) is 11.4 Å². The van der Waals surface area contributed by atoms with E-state index in [2.05, 4.69) is 15.3 Å². The number of nitrogens with two attached hydrogens (primary N) is 1. The first-order valence-electron chi connectivity index (χ1n) is 6.44. The second kappa shape index (κ2) is 5.63. The van der Waals surface area contributed by atoms with Gasteiger partial charge in [-0.25, -0.2) is 4.98 Å². The highest BCUT2D eigenvalue weighted by Crippen LogP contribution is 2.28. The molecule has 2 N–H and O–H groups in total. The second-order valence-electron chi connectivity index (χ2n) is 4.50. The molecule has 0 aliphatic rings. The van der Waals surface area contributed by atoms with Crippen LogP contribution < -0.4 is 10.5 Å². The Balaban J connectivity index is 2.17. The highest BCUT2D eigenvalue weighted by Gasteiger charge is 2.17. The van der Waals surface area contributed by atoms with Crippen molar-refractivity contribution in [3.8, 4) is 22.1 Å². The number of thiazole rings is 1. The van der Waals surface area contributed by atoms with Gasteiger partial charge >= 0.3 is 0 Å². The molecule has 0 atom stereocenters. The first kappa shape index (κ1) is 13.7. The number of rotatable bonds is 4. The lowest BCUT2D eigenvalue weighted by Crippen LogP contribution is -2.02. The van der Waals surface area contributed by atoms with Crippen LogP contribution >= 0.6 is 11.3 Å². The van der Waals surface area contributed by atoms with Gasteiger partial charge in [-0.2, -0.15) is 4.68 Å². The second-order valence-corrected chi connectivity index (χ2v) is 5.34. The Labute approximate surface area is 126 Å². The van der Waals surface area contributed by atoms with E-state index in [4.69, 9.17) is 10.5 Å². The number of methoxy groups -OCH3 is 1. The van der Waals surface area contributed by atoms with Crippen molar-refractivity contribution in [1.82, 2.24) is 20.0 Å². The Morgan fingerprint density at radius 2 is 2.24 bits per heavy atom. The van der Waals surface area contributed by atoms with Gasteiger partial charge in [0.2, 0.25) is 5.13 Å². The van der Waals surface area contributed by atoms with Gasteiger partial charge in [-0.3, -0.25) is 0 Å². The van der Waals surface area contributed by atoms with E-state index in [0.717, 1.165) is 33.5 Å². The average molecular weight is 301 g/mol. The van der Waals surface area contributed by atoms with Crippen LogP contribution in [0.3, 0.4) is 0 Å². The number of nitrogens with zero attached hydrogens (tertiary/aromatic N) is 4. The van der Waals surface area contributed by atoms with Crippen LogP contribution in [0.4, 0.5) is 0 Å². The Hall–Kier alpha value is -2.25. The van der Waals surface area contributed by atoms with E-state index in [0.29, 0.717) is 6.54 Å². The third-order valence-electron chi connectivity index (χ3n) is 3.06. The Kier molecular flexibility index (Phi) is 3.68. The quantitative estimate of drug-likeness (QED) is 0.799. The van der Waals surface area contributed by atoms with E-state index >= 15 is 0 Å². The maximum Gasteiger partial charge on any atom is 0.212 e. The van der Waals surface area contributed by atoms with Crippen molar-refractivity contribution in [2.24, 2.45) is 5.73 Å². The van der Waals surface area contributed by atoms with Crippen LogP contribution in [-0.2, 0) is 6.54 Å². The summed E-state index contributed by atoms with van der Waals surface area (Å²) in [5.41, 5.74) is 9.28. The van der Waals surface area contributed by atoms with Crippen molar-refractivity contribution in [2.75, 3.05) is 7.11 Å². The summed E-state index contributed by atoms with van der Waals surface area (Å²) in [6.45, 7) is 2.27. The van der Waals surface area contributed by atoms with Crippen LogP contribution in [-0.4, -0.2) is 27.1 Å². The third kappa shape index (κ3) is 2.53. The first-order chi connectivity index (χ1) is 10.2. The summed E-state index contributed by atoms with van der Waals surface area (Å²) in [5.74, 6) is 0.776. The lowest BCUT2D eigenvalue weighted by atomic mass is 10.1. The van der Waals surface area contributed by atoms with Gasteiger partial charge in [0.15, 0.2) is 0 Å². The third-order valence-corrected chi connectivity index (χ3v) is 4.00. The van der Waals surface area contributed by atoms with Crippen LogP contribution in [0.2, 0.25) is 0 Å². The minimum absolute atomic E-state index is 0.316. The fraction of sp³-hybridized carbons (Fsp3) is 0.214. The lowest BCUT2D eigenvalue weighted by molar-refractivity contribution is 0.415. The molecule has 0 saturated carbocycles. The summed E-state index contributed by atoms with van der Waals surface area (Å²) in [7, 11) is 1.64. The Bertz CT molecular complexity index is 764. The van der Waals surface area contributed by atoms with E-state index in [9.17, 15) is 0 Å². The van der Waals surface area contributed by atoms with Gasteiger partial charge in [-0.05, 0) is 19.1 Å². The molecule has 108 valence electrons. The lowest BCUT2D eigenvalue weighted by Gasteiger charge is -2.07. The van der Waals surface area contributed by atoms with Crippen molar-refractivity contribution in [3.05, 3.63) is 41.0 Å². The molecule has 6 nitrogen and oxygen atoms in total. The number of aromatic nitrogens is 4. The molecule has 0 radical (unpaired) electrons. The molecular weight excluding hydrogens is 286 g/mol. The van der Waals surface area contributed by atoms with Crippen molar-refractivity contribution < 1.29 is 4.74 Å². The van der Waals surface area contributed by atoms with Crippen molar-refractivity contribution in [3.63, 3.8) is 0 Å². The van der Waals surface area contributed by atoms with E-state index in [1.54, 1.807) is 11.8 Å². The van der Waals surface area contributed by atoms with Crippen LogP contribution in [0.25, 0.3) is 16.4 Å². The molecule has 0 fully saturated rings. The number of hydrogen-bond acceptors (Lipinski definition) is 6. The molecule has 0 aliphatic heterocycles. The number of ether oxygens (including phenoxy) is 1. The predicted molar refractivity (Wildman–Crippen MR) is 81.6 cm³/mol. The van der Waals surface area contributed by atoms with E-state index < -0.39 is 0 Å². The molecule has 0 unspecified atom stereocenters. The van der Waals surface area contributed by atoms with Gasteiger partial charge in [-0.15, -0.1) is 16.4 Å². The molecule has 1 aromatic carbocycles. The fourth-order valence-corrected chi connectivity index (χ4v) is 2.84. The predicted octanol–water partition coefficient (Wildman–Crippen LogP) is 2.17. The summed E-state index contributed by atoms with van der Waals surface area (Å²) in [6.07, 6.45) is 0. The summed E-state index contributed by atoms with van der Waals surface area (Å²) in [6, 6.07) is 7.75. The van der Waals surface area contributed by atoms with Gasteiger partial charge < -0.3 is 10.5 Å². The maximum atomic E-state index is 5.79. The molecule has 3 rings (SSSR count). The monoisotopic (exact) mass is 301 g/mol. The van der Waals surface area contributed by atoms with Crippen LogP contribution in [0.15, 0.2) is 29.6 Å². The zero-order valence-electron chi connectivity index (χ0n) is 11.8. The molecule has 2 aromatic heterocycles. The van der Waals surface area contributed by atoms with E-state index in [1.807, 2.05) is 36.6 Å². The smallest absolute Gasteiger partial charge is 0.212 e. The van der Waals surface area contributed by atoms with Gasteiger partial charge in [-0.1, -0.05) is 17.3 Å². The molecule has 0 amide bonds. The summed E-state index contributed by atoms with van der Waals surface area (Å²) in [5, 5.41) is 11.1. The topological polar surface area (TPSA) is 78.9 Å². The van der Waals surface area contributed by atoms with Crippen LogP contribution in [0.5, 0.6) is 5.75 Å². The zero-order chi connectivity index (χ0) is 14.8. The molecule has 0 bridgehead atoms. The Morgan fingerprint density at radius 3 is 2.90 bits per heavy atom. The zero-order valence-corrected chi connectivity index (χ0v) is 12.6. The molecule has 0 saturated heterocycles. The molecule has 7 heteroatoms. The maximum absolute atomic E-state index is 5.79. The van der Waals surface area contributed by atoms with Gasteiger partial charge in [0.25, 0.3) is 0 Å². The van der Waals surface area contributed by atoms with Crippen molar-refractivity contribution in [2.45, 2.75) is 13.5 Å². The molecule has 0 spiro atoms. The highest BCUT2D eigenvalue weighted by molar-refractivity contribution is 7.12. The SMILES string of the molecule is COc1cccc(-c2c(CN)nnn2-c2nc(C)cs2)c1. The normalized spacial score (nSPS) is 10.8. The van der Waals surface area contributed by atoms with Gasteiger partial charge in [0.05, 0.1) is 12.8 Å². The number of aryl methyl sites for hydroxylation is 1. The molecular formula is C14H15N5OS. The van der Waals surface area contributed by atoms with Crippen molar-refractivity contribution >= 4 is 11.3 Å². The molecule has 2 heterocycles. The molecule has 3 aromatic rings. The van der Waals surface area contributed by atoms with Crippen LogP contribution in [0, 0.1) is 6.92 Å². The molecule has 0 aliphatic carbocycles. The van der Waals surface area contributed by atoms with Crippen molar-refractivity contribution in [1.29, 1.82) is 0 Å². The summed E-state index contributed by atoms with van der Waals surface area (Å²) in [4.78, 5) is 4.46. The number of hydrogen-bond donors (Lipinski definition) is 1. The van der Waals surface area contributed by atoms with E-state index in [-0.39, 0.29) is 0 Å².